The van der Waals surface area contributed by atoms with E-state index < -0.39 is 60.7 Å². The maximum atomic E-state index is 12.7. The third-order valence-corrected chi connectivity index (χ3v) is 6.28. The standard InChI is InChI=1S/C28H34N8O8/c29-19(15-37)25(41)35(27(43)21-3-1-11-31-21)13-9-23(39)33-17-5-7-18(8-6-17)34-24(40)10-14-36(26(42)20(30)16-38)28(44)22-4-2-12-32-22/h1-8,11-12,19-20,31-32,37-38H,9-10,13-16,29-30H2,(H,33,39)(H,34,40)/t19-,20-/m0/s1. The molecule has 0 aliphatic heterocycles. The van der Waals surface area contributed by atoms with Crippen LogP contribution in [0.2, 0.25) is 0 Å². The fourth-order valence-electron chi connectivity index (χ4n) is 3.91. The zero-order valence-electron chi connectivity index (χ0n) is 23.6. The zero-order chi connectivity index (χ0) is 32.2. The fraction of sp³-hybridized carbons (Fsp3) is 0.286. The molecule has 3 rings (SSSR count). The lowest BCUT2D eigenvalue weighted by atomic mass is 10.2. The summed E-state index contributed by atoms with van der Waals surface area (Å²) in [7, 11) is 0. The van der Waals surface area contributed by atoms with E-state index in [2.05, 4.69) is 20.6 Å². The van der Waals surface area contributed by atoms with Crippen LogP contribution in [0.25, 0.3) is 0 Å². The number of aromatic nitrogens is 2. The molecule has 10 N–H and O–H groups in total. The minimum absolute atomic E-state index is 0.113. The van der Waals surface area contributed by atoms with E-state index in [0.717, 1.165) is 9.80 Å². The summed E-state index contributed by atoms with van der Waals surface area (Å²) in [6, 6.07) is 9.41. The molecule has 0 saturated heterocycles. The second-order valence-corrected chi connectivity index (χ2v) is 9.51. The molecule has 0 radical (unpaired) electrons. The maximum Gasteiger partial charge on any atom is 0.276 e. The molecule has 44 heavy (non-hydrogen) atoms. The Hall–Kier alpha value is -5.16. The maximum absolute atomic E-state index is 12.7. The van der Waals surface area contributed by atoms with E-state index in [4.69, 9.17) is 11.5 Å². The van der Waals surface area contributed by atoms with Crippen LogP contribution in [0.3, 0.4) is 0 Å². The first-order chi connectivity index (χ1) is 21.0. The number of aliphatic hydroxyl groups is 2. The van der Waals surface area contributed by atoms with Crippen LogP contribution in [-0.2, 0) is 19.2 Å². The average Bonchev–Trinajstić information content (AvgIpc) is 3.76. The number of anilines is 2. The number of nitrogens with zero attached hydrogens (tertiary/aromatic N) is 2. The first-order valence-corrected chi connectivity index (χ1v) is 13.5. The van der Waals surface area contributed by atoms with Crippen molar-refractivity contribution in [1.29, 1.82) is 0 Å². The number of hydrogen-bond donors (Lipinski definition) is 8. The van der Waals surface area contributed by atoms with Crippen LogP contribution >= 0.6 is 0 Å². The average molecular weight is 611 g/mol. The molecule has 0 bridgehead atoms. The van der Waals surface area contributed by atoms with E-state index in [-0.39, 0.29) is 37.3 Å². The van der Waals surface area contributed by atoms with E-state index in [1.807, 2.05) is 0 Å². The second-order valence-electron chi connectivity index (χ2n) is 9.51. The third kappa shape index (κ3) is 8.92. The molecule has 0 unspecified atom stereocenters. The van der Waals surface area contributed by atoms with Gasteiger partial charge in [-0.2, -0.15) is 0 Å². The number of hydrogen-bond acceptors (Lipinski definition) is 10. The Morgan fingerprint density at radius 3 is 1.32 bits per heavy atom. The predicted octanol–water partition coefficient (Wildman–Crippen LogP) is -1.02. The van der Waals surface area contributed by atoms with Crippen molar-refractivity contribution in [3.8, 4) is 0 Å². The van der Waals surface area contributed by atoms with Crippen LogP contribution in [-0.4, -0.2) is 104 Å². The zero-order valence-corrected chi connectivity index (χ0v) is 23.6. The van der Waals surface area contributed by atoms with Gasteiger partial charge in [0.2, 0.25) is 23.6 Å². The SMILES string of the molecule is N[C@@H](CO)C(=O)N(CCC(=O)Nc1ccc(NC(=O)CCN(C(=O)c2ccc[nH]2)C(=O)[C@@H](N)CO)cc1)C(=O)c1ccc[nH]1. The largest absolute Gasteiger partial charge is 0.394 e. The number of amides is 6. The minimum Gasteiger partial charge on any atom is -0.394 e. The molecule has 2 heterocycles. The molecule has 16 nitrogen and oxygen atoms in total. The van der Waals surface area contributed by atoms with Crippen LogP contribution in [0.1, 0.15) is 33.8 Å². The monoisotopic (exact) mass is 610 g/mol. The van der Waals surface area contributed by atoms with Crippen molar-refractivity contribution in [3.63, 3.8) is 0 Å². The summed E-state index contributed by atoms with van der Waals surface area (Å²) in [5.74, 6) is -4.11. The van der Waals surface area contributed by atoms with Gasteiger partial charge < -0.3 is 42.3 Å². The molecule has 3 aromatic rings. The first-order valence-electron chi connectivity index (χ1n) is 13.5. The highest BCUT2D eigenvalue weighted by Crippen LogP contribution is 2.15. The molecule has 0 saturated carbocycles. The van der Waals surface area contributed by atoms with Gasteiger partial charge in [0.05, 0.1) is 13.2 Å². The number of carbonyl (C=O) groups excluding carboxylic acids is 6. The highest BCUT2D eigenvalue weighted by molar-refractivity contribution is 6.06. The van der Waals surface area contributed by atoms with E-state index in [1.165, 1.54) is 48.8 Å². The molecule has 0 aliphatic carbocycles. The summed E-state index contributed by atoms with van der Waals surface area (Å²) in [6.45, 7) is -1.94. The van der Waals surface area contributed by atoms with E-state index in [9.17, 15) is 39.0 Å². The van der Waals surface area contributed by atoms with Gasteiger partial charge in [-0.3, -0.25) is 38.6 Å². The molecule has 2 aromatic heterocycles. The quantitative estimate of drug-likeness (QED) is 0.110. The Morgan fingerprint density at radius 1 is 0.659 bits per heavy atom. The van der Waals surface area contributed by atoms with Gasteiger partial charge in [-0.15, -0.1) is 0 Å². The lowest BCUT2D eigenvalue weighted by Crippen LogP contribution is -2.49. The van der Waals surface area contributed by atoms with Crippen LogP contribution < -0.4 is 22.1 Å². The van der Waals surface area contributed by atoms with Crippen LogP contribution in [0.4, 0.5) is 11.4 Å². The van der Waals surface area contributed by atoms with Crippen molar-refractivity contribution in [3.05, 3.63) is 72.3 Å². The highest BCUT2D eigenvalue weighted by atomic mass is 16.3. The van der Waals surface area contributed by atoms with Crippen molar-refractivity contribution in [2.75, 3.05) is 36.9 Å². The summed E-state index contributed by atoms with van der Waals surface area (Å²) >= 11 is 0. The van der Waals surface area contributed by atoms with Gasteiger partial charge >= 0.3 is 0 Å². The summed E-state index contributed by atoms with van der Waals surface area (Å²) in [5, 5.41) is 23.7. The Morgan fingerprint density at radius 2 is 1.02 bits per heavy atom. The Balaban J connectivity index is 1.54. The minimum atomic E-state index is -1.33. The van der Waals surface area contributed by atoms with Crippen LogP contribution in [0.5, 0.6) is 0 Å². The molecule has 16 heteroatoms. The van der Waals surface area contributed by atoms with E-state index >= 15 is 0 Å². The molecular formula is C28H34N8O8. The second kappa shape index (κ2) is 15.9. The molecule has 0 aliphatic rings. The molecule has 0 fully saturated rings. The van der Waals surface area contributed by atoms with Crippen molar-refractivity contribution >= 4 is 46.8 Å². The number of nitrogens with two attached hydrogens (primary N) is 2. The molecule has 234 valence electrons. The van der Waals surface area contributed by atoms with Crippen LogP contribution in [0, 0.1) is 0 Å². The Bertz CT molecular complexity index is 1330. The number of rotatable bonds is 14. The Labute approximate surface area is 251 Å². The number of aliphatic hydroxyl groups excluding tert-OH is 2. The summed E-state index contributed by atoms with van der Waals surface area (Å²) in [5.41, 5.74) is 12.2. The summed E-state index contributed by atoms with van der Waals surface area (Å²) < 4.78 is 0. The van der Waals surface area contributed by atoms with Gasteiger partial charge in [0.15, 0.2) is 0 Å². The van der Waals surface area contributed by atoms with Gasteiger partial charge in [-0.25, -0.2) is 0 Å². The first kappa shape index (κ1) is 33.3. The van der Waals surface area contributed by atoms with Crippen LogP contribution in [0.15, 0.2) is 60.9 Å². The highest BCUT2D eigenvalue weighted by Gasteiger charge is 2.29. The van der Waals surface area contributed by atoms with Crippen molar-refractivity contribution in [2.45, 2.75) is 24.9 Å². The number of benzene rings is 1. The Kier molecular flexibility index (Phi) is 12.0. The fourth-order valence-corrected chi connectivity index (χ4v) is 3.91. The number of imide groups is 2. The van der Waals surface area contributed by atoms with Gasteiger partial charge in [-0.05, 0) is 48.5 Å². The molecular weight excluding hydrogens is 576 g/mol. The number of nitrogens with one attached hydrogen (secondary N) is 4. The molecule has 0 spiro atoms. The van der Waals surface area contributed by atoms with Gasteiger partial charge in [-0.1, -0.05) is 0 Å². The van der Waals surface area contributed by atoms with Gasteiger partial charge in [0, 0.05) is 49.7 Å². The topological polar surface area (TPSA) is 257 Å². The number of H-pyrrole nitrogens is 2. The molecule has 6 amide bonds. The third-order valence-electron chi connectivity index (χ3n) is 6.28. The molecule has 2 atom stereocenters. The number of aromatic amines is 2. The van der Waals surface area contributed by atoms with Crippen molar-refractivity contribution in [2.24, 2.45) is 11.5 Å². The van der Waals surface area contributed by atoms with E-state index in [1.54, 1.807) is 12.1 Å². The van der Waals surface area contributed by atoms with Crippen molar-refractivity contribution in [1.82, 2.24) is 19.8 Å². The smallest absolute Gasteiger partial charge is 0.276 e. The summed E-state index contributed by atoms with van der Waals surface area (Å²) in [6.07, 6.45) is 2.48. The summed E-state index contributed by atoms with van der Waals surface area (Å²) in [4.78, 5) is 82.6. The molecule has 1 aromatic carbocycles. The number of carbonyl (C=O) groups is 6. The lowest BCUT2D eigenvalue weighted by Gasteiger charge is -2.23. The van der Waals surface area contributed by atoms with Gasteiger partial charge in [0.1, 0.15) is 23.5 Å². The van der Waals surface area contributed by atoms with Crippen molar-refractivity contribution < 1.29 is 39.0 Å². The lowest BCUT2D eigenvalue weighted by molar-refractivity contribution is -0.132. The van der Waals surface area contributed by atoms with E-state index in [0.29, 0.717) is 11.4 Å². The van der Waals surface area contributed by atoms with Gasteiger partial charge in [0.25, 0.3) is 11.8 Å². The predicted molar refractivity (Wildman–Crippen MR) is 157 cm³/mol. The normalized spacial score (nSPS) is 12.1.